The van der Waals surface area contributed by atoms with Crippen LogP contribution in [-0.2, 0) is 11.2 Å². The molecular weight excluding hydrogens is 286 g/mol. The summed E-state index contributed by atoms with van der Waals surface area (Å²) in [6, 6.07) is 6.75. The summed E-state index contributed by atoms with van der Waals surface area (Å²) in [4.78, 5) is 25.9. The number of rotatable bonds is 5. The van der Waals surface area contributed by atoms with Crippen molar-refractivity contribution in [2.75, 3.05) is 5.75 Å². The van der Waals surface area contributed by atoms with Gasteiger partial charge in [-0.3, -0.25) is 4.79 Å². The van der Waals surface area contributed by atoms with Gasteiger partial charge in [-0.25, -0.2) is 4.79 Å². The molecule has 4 nitrogen and oxygen atoms in total. The number of thioether (sulfide) groups is 1. The average molecular weight is 307 g/mol. The highest BCUT2D eigenvalue weighted by molar-refractivity contribution is 8.00. The number of carboxylic acid groups (broad SMARTS) is 1. The fourth-order valence-corrected chi connectivity index (χ4v) is 4.19. The Morgan fingerprint density at radius 3 is 2.67 bits per heavy atom. The van der Waals surface area contributed by atoms with Gasteiger partial charge in [-0.2, -0.15) is 0 Å². The molecule has 0 aliphatic carbocycles. The second-order valence-corrected chi connectivity index (χ2v) is 6.36. The van der Waals surface area contributed by atoms with Crippen LogP contribution in [0.2, 0.25) is 0 Å². The second kappa shape index (κ2) is 6.98. The van der Waals surface area contributed by atoms with E-state index in [1.54, 1.807) is 22.7 Å². The van der Waals surface area contributed by atoms with E-state index in [2.05, 4.69) is 6.92 Å². The Hall–Kier alpha value is -1.49. The van der Waals surface area contributed by atoms with Gasteiger partial charge in [0.05, 0.1) is 5.37 Å². The minimum Gasteiger partial charge on any atom is -0.480 e. The number of nitrogens with zero attached hydrogens (tertiary/aromatic N) is 1. The van der Waals surface area contributed by atoms with Crippen LogP contribution in [0.3, 0.4) is 0 Å². The smallest absolute Gasteiger partial charge is 0.327 e. The van der Waals surface area contributed by atoms with Crippen LogP contribution in [0.5, 0.6) is 0 Å². The molecule has 1 aromatic rings. The van der Waals surface area contributed by atoms with Gasteiger partial charge in [0.1, 0.15) is 6.04 Å². The minimum atomic E-state index is -0.913. The van der Waals surface area contributed by atoms with Gasteiger partial charge >= 0.3 is 5.97 Å². The molecule has 2 rings (SSSR count). The summed E-state index contributed by atoms with van der Waals surface area (Å²) in [5, 5.41) is 9.35. The molecule has 0 saturated carbocycles. The molecule has 2 atom stereocenters. The van der Waals surface area contributed by atoms with Crippen LogP contribution in [0.4, 0.5) is 0 Å². The molecule has 0 radical (unpaired) electrons. The summed E-state index contributed by atoms with van der Waals surface area (Å²) in [5.41, 5.74) is 1.61. The van der Waals surface area contributed by atoms with E-state index in [0.29, 0.717) is 11.3 Å². The first-order chi connectivity index (χ1) is 10.1. The van der Waals surface area contributed by atoms with E-state index in [0.717, 1.165) is 24.8 Å². The zero-order valence-corrected chi connectivity index (χ0v) is 13.2. The minimum absolute atomic E-state index is 0.0338. The summed E-state index contributed by atoms with van der Waals surface area (Å²) in [6.45, 7) is 4.06. The van der Waals surface area contributed by atoms with Crippen LogP contribution in [-0.4, -0.2) is 39.1 Å². The number of benzene rings is 1. The van der Waals surface area contributed by atoms with E-state index < -0.39 is 12.0 Å². The van der Waals surface area contributed by atoms with E-state index in [9.17, 15) is 14.7 Å². The highest BCUT2D eigenvalue weighted by Gasteiger charge is 2.41. The quantitative estimate of drug-likeness (QED) is 0.908. The molecule has 1 aliphatic heterocycles. The Morgan fingerprint density at radius 2 is 2.05 bits per heavy atom. The van der Waals surface area contributed by atoms with Crippen molar-refractivity contribution in [1.82, 2.24) is 4.90 Å². The van der Waals surface area contributed by atoms with Gasteiger partial charge in [0.2, 0.25) is 0 Å². The maximum atomic E-state index is 12.9. The lowest BCUT2D eigenvalue weighted by Gasteiger charge is -2.28. The third-order valence-electron chi connectivity index (χ3n) is 3.78. The molecule has 1 N–H and O–H groups in total. The standard InChI is InChI=1S/C16H21NO3S/c1-3-7-14-17(13(10-21-14)16(19)20)15(18)12-9-6-5-8-11(12)4-2/h5-6,8-9,13-14H,3-4,7,10H2,1-2H3,(H,19,20). The van der Waals surface area contributed by atoms with Gasteiger partial charge in [0.15, 0.2) is 0 Å². The van der Waals surface area contributed by atoms with Crippen molar-refractivity contribution < 1.29 is 14.7 Å². The normalized spacial score (nSPS) is 21.5. The number of aliphatic carboxylic acids is 1. The highest BCUT2D eigenvalue weighted by Crippen LogP contribution is 2.34. The van der Waals surface area contributed by atoms with E-state index in [1.165, 1.54) is 0 Å². The first kappa shape index (κ1) is 15.9. The average Bonchev–Trinajstić information content (AvgIpc) is 2.91. The van der Waals surface area contributed by atoms with Crippen molar-refractivity contribution in [3.8, 4) is 0 Å². The largest absolute Gasteiger partial charge is 0.480 e. The summed E-state index contributed by atoms with van der Waals surface area (Å²) < 4.78 is 0. The van der Waals surface area contributed by atoms with Crippen molar-refractivity contribution in [2.45, 2.75) is 44.5 Å². The maximum Gasteiger partial charge on any atom is 0.327 e. The van der Waals surface area contributed by atoms with Crippen LogP contribution in [0.25, 0.3) is 0 Å². The topological polar surface area (TPSA) is 57.6 Å². The van der Waals surface area contributed by atoms with Gasteiger partial charge in [0, 0.05) is 11.3 Å². The number of carboxylic acids is 1. The van der Waals surface area contributed by atoms with Gasteiger partial charge in [-0.05, 0) is 24.5 Å². The fraction of sp³-hybridized carbons (Fsp3) is 0.500. The second-order valence-electron chi connectivity index (χ2n) is 5.15. The summed E-state index contributed by atoms with van der Waals surface area (Å²) >= 11 is 1.57. The van der Waals surface area contributed by atoms with E-state index in [-0.39, 0.29) is 11.3 Å². The molecule has 1 aromatic carbocycles. The Kier molecular flexibility index (Phi) is 5.28. The first-order valence-electron chi connectivity index (χ1n) is 7.35. The molecule has 0 aromatic heterocycles. The molecule has 1 aliphatic rings. The molecule has 1 heterocycles. The van der Waals surface area contributed by atoms with Crippen molar-refractivity contribution in [1.29, 1.82) is 0 Å². The van der Waals surface area contributed by atoms with Crippen molar-refractivity contribution in [2.24, 2.45) is 0 Å². The van der Waals surface area contributed by atoms with Crippen LogP contribution >= 0.6 is 11.8 Å². The molecule has 2 unspecified atom stereocenters. The molecule has 5 heteroatoms. The van der Waals surface area contributed by atoms with Crippen LogP contribution < -0.4 is 0 Å². The van der Waals surface area contributed by atoms with Crippen LogP contribution in [0.1, 0.15) is 42.6 Å². The molecular formula is C16H21NO3S. The number of carbonyl (C=O) groups excluding carboxylic acids is 1. The summed E-state index contributed by atoms with van der Waals surface area (Å²) in [5.74, 6) is -0.591. The third-order valence-corrected chi connectivity index (χ3v) is 5.13. The highest BCUT2D eigenvalue weighted by atomic mass is 32.2. The van der Waals surface area contributed by atoms with E-state index in [1.807, 2.05) is 25.1 Å². The predicted molar refractivity (Wildman–Crippen MR) is 84.6 cm³/mol. The number of hydrogen-bond acceptors (Lipinski definition) is 3. The summed E-state index contributed by atoms with van der Waals surface area (Å²) in [6.07, 6.45) is 2.52. The van der Waals surface area contributed by atoms with E-state index in [4.69, 9.17) is 0 Å². The molecule has 0 spiro atoms. The first-order valence-corrected chi connectivity index (χ1v) is 8.40. The van der Waals surface area contributed by atoms with Crippen molar-refractivity contribution >= 4 is 23.6 Å². The van der Waals surface area contributed by atoms with Crippen molar-refractivity contribution in [3.05, 3.63) is 35.4 Å². The van der Waals surface area contributed by atoms with Gasteiger partial charge in [-0.1, -0.05) is 38.5 Å². The Bertz CT molecular complexity index is 532. The van der Waals surface area contributed by atoms with Gasteiger partial charge in [-0.15, -0.1) is 11.8 Å². The molecule has 0 bridgehead atoms. The van der Waals surface area contributed by atoms with Crippen LogP contribution in [0, 0.1) is 0 Å². The zero-order chi connectivity index (χ0) is 15.4. The fourth-order valence-electron chi connectivity index (χ4n) is 2.67. The molecule has 114 valence electrons. The molecule has 1 fully saturated rings. The zero-order valence-electron chi connectivity index (χ0n) is 12.4. The lowest BCUT2D eigenvalue weighted by molar-refractivity contribution is -0.141. The lowest BCUT2D eigenvalue weighted by atomic mass is 10.0. The molecule has 21 heavy (non-hydrogen) atoms. The summed E-state index contributed by atoms with van der Waals surface area (Å²) in [7, 11) is 0. The number of amides is 1. The maximum absolute atomic E-state index is 12.9. The van der Waals surface area contributed by atoms with Gasteiger partial charge < -0.3 is 10.0 Å². The molecule has 1 saturated heterocycles. The Labute approximate surface area is 129 Å². The number of carbonyl (C=O) groups is 2. The SMILES string of the molecule is CCCC1SCC(C(=O)O)N1C(=O)c1ccccc1CC. The van der Waals surface area contributed by atoms with Crippen molar-refractivity contribution in [3.63, 3.8) is 0 Å². The lowest BCUT2D eigenvalue weighted by Crippen LogP contribution is -2.45. The number of aryl methyl sites for hydroxylation is 1. The Morgan fingerprint density at radius 1 is 1.33 bits per heavy atom. The van der Waals surface area contributed by atoms with E-state index >= 15 is 0 Å². The third kappa shape index (κ3) is 3.23. The monoisotopic (exact) mass is 307 g/mol. The molecule has 1 amide bonds. The number of hydrogen-bond donors (Lipinski definition) is 1. The van der Waals surface area contributed by atoms with Crippen LogP contribution in [0.15, 0.2) is 24.3 Å². The Balaban J connectivity index is 2.34. The van der Waals surface area contributed by atoms with Gasteiger partial charge in [0.25, 0.3) is 5.91 Å². The predicted octanol–water partition coefficient (Wildman–Crippen LogP) is 3.02.